The van der Waals surface area contributed by atoms with Crippen LogP contribution >= 0.6 is 0 Å². The number of H-pyrrole nitrogens is 1. The predicted molar refractivity (Wildman–Crippen MR) is 101 cm³/mol. The first-order chi connectivity index (χ1) is 13.1. The Bertz CT molecular complexity index is 928. The molecule has 2 heterocycles. The number of nitrogens with two attached hydrogens (primary N) is 1. The first kappa shape index (κ1) is 20.2. The van der Waals surface area contributed by atoms with E-state index in [0.29, 0.717) is 24.6 Å². The third kappa shape index (κ3) is 4.28. The molecule has 0 bridgehead atoms. The van der Waals surface area contributed by atoms with Crippen molar-refractivity contribution >= 4 is 12.0 Å². The number of nitrogens with one attached hydrogen (secondary N) is 3. The molecule has 10 heteroatoms. The van der Waals surface area contributed by atoms with Gasteiger partial charge in [-0.05, 0) is 23.6 Å². The van der Waals surface area contributed by atoms with E-state index in [1.807, 2.05) is 13.8 Å². The summed E-state index contributed by atoms with van der Waals surface area (Å²) in [7, 11) is 0. The predicted octanol–water partition coefficient (Wildman–Crippen LogP) is 1.95. The highest BCUT2D eigenvalue weighted by Crippen LogP contribution is 2.32. The maximum atomic E-state index is 13.3. The maximum absolute atomic E-state index is 13.3. The summed E-state index contributed by atoms with van der Waals surface area (Å²) in [4.78, 5) is 19.2. The van der Waals surface area contributed by atoms with Crippen LogP contribution in [-0.4, -0.2) is 35.1 Å². The second kappa shape index (κ2) is 7.44. The fourth-order valence-electron chi connectivity index (χ4n) is 2.86. The number of imidazole rings is 1. The molecule has 1 aromatic heterocycles. The van der Waals surface area contributed by atoms with Crippen LogP contribution in [0.2, 0.25) is 0 Å². The van der Waals surface area contributed by atoms with Crippen LogP contribution in [0.25, 0.3) is 0 Å². The first-order valence-electron chi connectivity index (χ1n) is 8.82. The molecule has 1 aliphatic rings. The molecule has 0 saturated heterocycles. The first-order valence-corrected chi connectivity index (χ1v) is 8.82. The van der Waals surface area contributed by atoms with Gasteiger partial charge in [0.25, 0.3) is 0 Å². The highest BCUT2D eigenvalue weighted by molar-refractivity contribution is 5.86. The van der Waals surface area contributed by atoms with E-state index in [9.17, 15) is 18.0 Å². The number of aromatic amines is 1. The van der Waals surface area contributed by atoms with Gasteiger partial charge in [0.15, 0.2) is 6.29 Å². The summed E-state index contributed by atoms with van der Waals surface area (Å²) in [5.41, 5.74) is 4.73. The number of halogens is 3. The molecule has 5 N–H and O–H groups in total. The Morgan fingerprint density at radius 3 is 2.68 bits per heavy atom. The molecule has 1 aromatic carbocycles. The zero-order valence-corrected chi connectivity index (χ0v) is 15.6. The quantitative estimate of drug-likeness (QED) is 0.600. The van der Waals surface area contributed by atoms with Gasteiger partial charge in [-0.25, -0.2) is 4.79 Å². The topological polar surface area (TPSA) is 100 Å². The maximum Gasteiger partial charge on any atom is 0.416 e. The molecule has 1 unspecified atom stereocenters. The summed E-state index contributed by atoms with van der Waals surface area (Å²) in [5.74, 6) is 0.389. The van der Waals surface area contributed by atoms with Gasteiger partial charge in [-0.15, -0.1) is 0 Å². The molecule has 0 spiro atoms. The fraction of sp³-hybridized carbons (Fsp3) is 0.444. The van der Waals surface area contributed by atoms with Crippen molar-refractivity contribution in [2.75, 3.05) is 18.4 Å². The van der Waals surface area contributed by atoms with Crippen molar-refractivity contribution in [3.8, 4) is 0 Å². The molecule has 152 valence electrons. The molecule has 0 saturated carbocycles. The largest absolute Gasteiger partial charge is 0.416 e. The number of benzene rings is 1. The van der Waals surface area contributed by atoms with Crippen LogP contribution in [0.1, 0.15) is 30.7 Å². The molecule has 2 aromatic rings. The summed E-state index contributed by atoms with van der Waals surface area (Å²) < 4.78 is 41.1. The summed E-state index contributed by atoms with van der Waals surface area (Å²) in [5, 5.41) is 6.25. The van der Waals surface area contributed by atoms with Crippen LogP contribution in [0.3, 0.4) is 0 Å². The van der Waals surface area contributed by atoms with E-state index in [0.717, 1.165) is 6.07 Å². The van der Waals surface area contributed by atoms with E-state index in [1.165, 1.54) is 29.0 Å². The van der Waals surface area contributed by atoms with E-state index < -0.39 is 23.7 Å². The fourth-order valence-corrected chi connectivity index (χ4v) is 2.86. The van der Waals surface area contributed by atoms with Gasteiger partial charge in [0.05, 0.1) is 18.3 Å². The van der Waals surface area contributed by atoms with Crippen molar-refractivity contribution in [2.45, 2.75) is 32.9 Å². The number of nitrogens with zero attached hydrogens (tertiary/aromatic N) is 2. The van der Waals surface area contributed by atoms with Crippen LogP contribution in [0.15, 0.2) is 34.1 Å². The summed E-state index contributed by atoms with van der Waals surface area (Å²) in [6, 6.07) is 5.22. The van der Waals surface area contributed by atoms with E-state index in [1.54, 1.807) is 0 Å². The zero-order valence-electron chi connectivity index (χ0n) is 15.6. The standard InChI is InChI=1S/C18H23F3N6O/c1-17(2,9-22)10-24-15-23-7-13-14(26-15)27(16(28)25-13)8-11-5-3-4-6-12(11)18(19,20)21/h3-7,15,24,26H,8-10,22H2,1-2H3,(H,25,28). The van der Waals surface area contributed by atoms with E-state index >= 15 is 0 Å². The van der Waals surface area contributed by atoms with E-state index in [-0.39, 0.29) is 17.5 Å². The Balaban J connectivity index is 1.85. The number of aromatic nitrogens is 2. The minimum atomic E-state index is -4.50. The number of hydrogen-bond acceptors (Lipinski definition) is 5. The highest BCUT2D eigenvalue weighted by Gasteiger charge is 2.33. The Morgan fingerprint density at radius 2 is 2.00 bits per heavy atom. The number of anilines is 1. The summed E-state index contributed by atoms with van der Waals surface area (Å²) in [6.45, 7) is 4.82. The van der Waals surface area contributed by atoms with Crippen molar-refractivity contribution in [3.63, 3.8) is 0 Å². The number of hydrogen-bond donors (Lipinski definition) is 4. The third-order valence-corrected chi connectivity index (χ3v) is 4.62. The Labute approximate surface area is 159 Å². The lowest BCUT2D eigenvalue weighted by atomic mass is 9.94. The van der Waals surface area contributed by atoms with E-state index in [4.69, 9.17) is 5.73 Å². The van der Waals surface area contributed by atoms with Crippen molar-refractivity contribution in [1.29, 1.82) is 0 Å². The van der Waals surface area contributed by atoms with Gasteiger partial charge >= 0.3 is 11.9 Å². The molecule has 0 amide bonds. The number of rotatable bonds is 6. The van der Waals surface area contributed by atoms with Gasteiger partial charge in [0.2, 0.25) is 0 Å². The minimum absolute atomic E-state index is 0.0111. The number of aliphatic imine (C=N–C) groups is 1. The van der Waals surface area contributed by atoms with Crippen molar-refractivity contribution in [2.24, 2.45) is 16.1 Å². The van der Waals surface area contributed by atoms with Gasteiger partial charge in [0.1, 0.15) is 11.5 Å². The van der Waals surface area contributed by atoms with Gasteiger partial charge < -0.3 is 16.0 Å². The lowest BCUT2D eigenvalue weighted by Gasteiger charge is -2.27. The van der Waals surface area contributed by atoms with Crippen LogP contribution in [0.4, 0.5) is 19.0 Å². The molecule has 3 rings (SSSR count). The number of alkyl halides is 3. The van der Waals surface area contributed by atoms with Gasteiger partial charge in [0, 0.05) is 6.54 Å². The smallest absolute Gasteiger partial charge is 0.336 e. The van der Waals surface area contributed by atoms with Crippen LogP contribution < -0.4 is 22.1 Å². The van der Waals surface area contributed by atoms with Gasteiger partial charge in [-0.2, -0.15) is 13.2 Å². The van der Waals surface area contributed by atoms with Crippen molar-refractivity contribution in [1.82, 2.24) is 14.9 Å². The summed E-state index contributed by atoms with van der Waals surface area (Å²) >= 11 is 0. The molecule has 0 radical (unpaired) electrons. The lowest BCUT2D eigenvalue weighted by Crippen LogP contribution is -2.44. The Morgan fingerprint density at radius 1 is 1.29 bits per heavy atom. The molecule has 0 fully saturated rings. The van der Waals surface area contributed by atoms with Crippen LogP contribution in [0.5, 0.6) is 0 Å². The van der Waals surface area contributed by atoms with Crippen molar-refractivity contribution < 1.29 is 13.2 Å². The molecule has 28 heavy (non-hydrogen) atoms. The Hall–Kier alpha value is -2.59. The van der Waals surface area contributed by atoms with E-state index in [2.05, 4.69) is 20.6 Å². The van der Waals surface area contributed by atoms with Gasteiger partial charge in [-0.3, -0.25) is 14.9 Å². The minimum Gasteiger partial charge on any atom is -0.336 e. The average Bonchev–Trinajstić information content (AvgIpc) is 2.95. The van der Waals surface area contributed by atoms with Crippen molar-refractivity contribution in [3.05, 3.63) is 51.6 Å². The lowest BCUT2D eigenvalue weighted by molar-refractivity contribution is -0.138. The molecule has 7 nitrogen and oxygen atoms in total. The van der Waals surface area contributed by atoms with Gasteiger partial charge in [-0.1, -0.05) is 32.0 Å². The molecule has 0 aliphatic carbocycles. The third-order valence-electron chi connectivity index (χ3n) is 4.62. The molecular weight excluding hydrogens is 373 g/mol. The molecule has 1 aliphatic heterocycles. The average molecular weight is 396 g/mol. The highest BCUT2D eigenvalue weighted by atomic mass is 19.4. The zero-order chi connectivity index (χ0) is 20.5. The number of fused-ring (bicyclic) bond motifs is 1. The monoisotopic (exact) mass is 396 g/mol. The second-order valence-corrected chi connectivity index (χ2v) is 7.51. The molecular formula is C18H23F3N6O. The SMILES string of the molecule is CC(C)(CN)CNC1N=Cc2[nH]c(=O)n(Cc3ccccc3C(F)(F)F)c2N1. The Kier molecular flexibility index (Phi) is 5.35. The molecule has 1 atom stereocenters. The van der Waals surface area contributed by atoms with Crippen LogP contribution in [0, 0.1) is 5.41 Å². The summed E-state index contributed by atoms with van der Waals surface area (Å²) in [6.07, 6.45) is -3.52. The van der Waals surface area contributed by atoms with Crippen LogP contribution in [-0.2, 0) is 12.7 Å². The normalized spacial score (nSPS) is 16.7. The second-order valence-electron chi connectivity index (χ2n) is 7.51.